The first kappa shape index (κ1) is 28.8. The van der Waals surface area contributed by atoms with Gasteiger partial charge in [0.15, 0.2) is 0 Å². The molecule has 236 valence electrons. The lowest BCUT2D eigenvalue weighted by molar-refractivity contribution is 0.670. The Hall–Kier alpha value is -6.16. The zero-order chi connectivity index (χ0) is 33.0. The number of para-hydroxylation sites is 1. The van der Waals surface area contributed by atoms with Gasteiger partial charge in [-0.2, -0.15) is 0 Å². The smallest absolute Gasteiger partial charge is 0.143 e. The van der Waals surface area contributed by atoms with Gasteiger partial charge in [-0.05, 0) is 69.4 Å². The molecule has 2 heterocycles. The molecular weight excluding hydrogens is 627 g/mol. The van der Waals surface area contributed by atoms with Crippen LogP contribution in [0.4, 0.5) is 11.4 Å². The highest BCUT2D eigenvalue weighted by molar-refractivity contribution is 7.26. The number of furan rings is 1. The van der Waals surface area contributed by atoms with Gasteiger partial charge < -0.3 is 9.32 Å². The van der Waals surface area contributed by atoms with Crippen molar-refractivity contribution in [1.82, 2.24) is 0 Å². The summed E-state index contributed by atoms with van der Waals surface area (Å²) in [6.45, 7) is 0.722. The zero-order valence-corrected chi connectivity index (χ0v) is 28.0. The summed E-state index contributed by atoms with van der Waals surface area (Å²) in [7, 11) is 0. The normalized spacial score (nSPS) is 11.7. The van der Waals surface area contributed by atoms with E-state index in [0.29, 0.717) is 0 Å². The van der Waals surface area contributed by atoms with Crippen molar-refractivity contribution in [3.63, 3.8) is 0 Å². The van der Waals surface area contributed by atoms with Gasteiger partial charge in [-0.3, -0.25) is 0 Å². The Morgan fingerprint density at radius 2 is 1.20 bits per heavy atom. The van der Waals surface area contributed by atoms with Crippen LogP contribution >= 0.6 is 11.3 Å². The first-order valence-electron chi connectivity index (χ1n) is 17.0. The molecule has 0 radical (unpaired) electrons. The number of anilines is 2. The van der Waals surface area contributed by atoms with E-state index in [0.717, 1.165) is 45.3 Å². The summed E-state index contributed by atoms with van der Waals surface area (Å²) in [5, 5.41) is 7.29. The van der Waals surface area contributed by atoms with Gasteiger partial charge in [0.05, 0.1) is 10.4 Å². The molecule has 2 nitrogen and oxygen atoms in total. The predicted molar refractivity (Wildman–Crippen MR) is 214 cm³/mol. The van der Waals surface area contributed by atoms with E-state index >= 15 is 0 Å². The molecule has 0 spiro atoms. The Morgan fingerprint density at radius 1 is 0.500 bits per heavy atom. The molecule has 0 saturated carbocycles. The van der Waals surface area contributed by atoms with Gasteiger partial charge in [-0.25, -0.2) is 0 Å². The molecule has 0 N–H and O–H groups in total. The lowest BCUT2D eigenvalue weighted by atomic mass is 9.95. The molecule has 8 aromatic carbocycles. The van der Waals surface area contributed by atoms with Crippen LogP contribution in [0.1, 0.15) is 5.56 Å². The summed E-state index contributed by atoms with van der Waals surface area (Å²) in [5.41, 5.74) is 10.2. The molecule has 10 aromatic rings. The predicted octanol–water partition coefficient (Wildman–Crippen LogP) is 13.8. The lowest BCUT2D eigenvalue weighted by Gasteiger charge is -2.27. The Balaban J connectivity index is 1.16. The zero-order valence-electron chi connectivity index (χ0n) is 27.2. The fourth-order valence-corrected chi connectivity index (χ4v) is 8.83. The molecular formula is C47H31NOS. The second-order valence-electron chi connectivity index (χ2n) is 12.9. The molecule has 0 bridgehead atoms. The van der Waals surface area contributed by atoms with Crippen molar-refractivity contribution >= 4 is 75.6 Å². The fourth-order valence-electron chi connectivity index (χ4n) is 7.61. The monoisotopic (exact) mass is 657 g/mol. The topological polar surface area (TPSA) is 16.4 Å². The maximum atomic E-state index is 6.60. The van der Waals surface area contributed by atoms with Crippen molar-refractivity contribution in [2.24, 2.45) is 0 Å². The highest BCUT2D eigenvalue weighted by Crippen LogP contribution is 2.45. The van der Waals surface area contributed by atoms with Crippen molar-refractivity contribution in [3.8, 4) is 22.3 Å². The molecule has 0 aliphatic rings. The third kappa shape index (κ3) is 4.70. The van der Waals surface area contributed by atoms with Crippen LogP contribution in [0.2, 0.25) is 0 Å². The minimum absolute atomic E-state index is 0.722. The minimum Gasteiger partial charge on any atom is -0.455 e. The van der Waals surface area contributed by atoms with Gasteiger partial charge >= 0.3 is 0 Å². The molecule has 50 heavy (non-hydrogen) atoms. The maximum Gasteiger partial charge on any atom is 0.143 e. The van der Waals surface area contributed by atoms with E-state index in [9.17, 15) is 0 Å². The number of thiophene rings is 1. The average Bonchev–Trinajstić information content (AvgIpc) is 3.75. The van der Waals surface area contributed by atoms with Gasteiger partial charge in [-0.1, -0.05) is 140 Å². The largest absolute Gasteiger partial charge is 0.455 e. The summed E-state index contributed by atoms with van der Waals surface area (Å²) in [6.07, 6.45) is 0. The maximum absolute atomic E-state index is 6.60. The van der Waals surface area contributed by atoms with Crippen molar-refractivity contribution in [1.29, 1.82) is 0 Å². The Labute approximate surface area is 294 Å². The van der Waals surface area contributed by atoms with Crippen LogP contribution in [0.15, 0.2) is 180 Å². The van der Waals surface area contributed by atoms with E-state index in [1.54, 1.807) is 0 Å². The number of hydrogen-bond acceptors (Lipinski definition) is 3. The van der Waals surface area contributed by atoms with Crippen molar-refractivity contribution in [2.45, 2.75) is 6.54 Å². The van der Waals surface area contributed by atoms with Crippen LogP contribution in [-0.4, -0.2) is 0 Å². The van der Waals surface area contributed by atoms with Crippen LogP contribution in [0.25, 0.3) is 75.1 Å². The number of hydrogen-bond donors (Lipinski definition) is 0. The van der Waals surface area contributed by atoms with Gasteiger partial charge in [0, 0.05) is 44.0 Å². The fraction of sp³-hybridized carbons (Fsp3) is 0.0213. The second-order valence-corrected chi connectivity index (χ2v) is 13.9. The quantitative estimate of drug-likeness (QED) is 0.177. The van der Waals surface area contributed by atoms with Crippen LogP contribution in [0.5, 0.6) is 0 Å². The molecule has 10 rings (SSSR count). The van der Waals surface area contributed by atoms with Gasteiger partial charge in [0.2, 0.25) is 0 Å². The molecule has 0 unspecified atom stereocenters. The number of fused-ring (bicyclic) bond motifs is 7. The molecule has 0 aliphatic heterocycles. The first-order valence-corrected chi connectivity index (χ1v) is 17.9. The molecule has 2 aromatic heterocycles. The average molecular weight is 658 g/mol. The van der Waals surface area contributed by atoms with E-state index < -0.39 is 0 Å². The van der Waals surface area contributed by atoms with E-state index in [-0.39, 0.29) is 0 Å². The van der Waals surface area contributed by atoms with Crippen LogP contribution in [0, 0.1) is 0 Å². The number of rotatable bonds is 6. The van der Waals surface area contributed by atoms with Crippen molar-refractivity contribution in [2.75, 3.05) is 4.90 Å². The third-order valence-electron chi connectivity index (χ3n) is 9.96. The number of nitrogens with zero attached hydrogens (tertiary/aromatic N) is 1. The van der Waals surface area contributed by atoms with Crippen LogP contribution in [-0.2, 0) is 6.54 Å². The molecule has 0 atom stereocenters. The summed E-state index contributed by atoms with van der Waals surface area (Å²) in [4.78, 5) is 2.49. The molecule has 3 heteroatoms. The van der Waals surface area contributed by atoms with Crippen molar-refractivity contribution in [3.05, 3.63) is 181 Å². The second kappa shape index (κ2) is 11.8. The van der Waals surface area contributed by atoms with E-state index in [2.05, 4.69) is 175 Å². The Morgan fingerprint density at radius 3 is 2.08 bits per heavy atom. The first-order chi connectivity index (χ1) is 24.8. The Kier molecular flexibility index (Phi) is 6.78. The highest BCUT2D eigenvalue weighted by atomic mass is 32.1. The lowest BCUT2D eigenvalue weighted by Crippen LogP contribution is -2.17. The summed E-state index contributed by atoms with van der Waals surface area (Å²) in [6, 6.07) is 63.4. The SMILES string of the molecule is c1ccc(-c2ccccc2CN(c2ccc(-c3c4ccccc4cc4c3oc3ccccc34)cc2)c2cccc3c2sc2ccccc23)cc1. The standard InChI is InChI=1S/C47H31NOS/c1-2-13-31(14-3-1)36-17-6-5-16-34(36)30-48(42-22-12-21-40-39-20-9-11-24-44(39)50-47(40)42)35-27-25-32(26-28-35)45-37-18-7-4-15-33(37)29-41-38-19-8-10-23-43(38)49-46(41)45/h1-29H,30H2. The highest BCUT2D eigenvalue weighted by Gasteiger charge is 2.20. The molecule has 0 amide bonds. The number of benzene rings is 8. The summed E-state index contributed by atoms with van der Waals surface area (Å²) in [5.74, 6) is 0. The van der Waals surface area contributed by atoms with Crippen LogP contribution in [0.3, 0.4) is 0 Å². The van der Waals surface area contributed by atoms with Crippen molar-refractivity contribution < 1.29 is 4.42 Å². The van der Waals surface area contributed by atoms with E-state index in [1.807, 2.05) is 17.4 Å². The third-order valence-corrected chi connectivity index (χ3v) is 11.2. The van der Waals surface area contributed by atoms with Crippen LogP contribution < -0.4 is 4.90 Å². The summed E-state index contributed by atoms with van der Waals surface area (Å²) < 4.78 is 9.20. The molecule has 0 fully saturated rings. The molecule has 0 saturated heterocycles. The van der Waals surface area contributed by atoms with Gasteiger partial charge in [0.1, 0.15) is 11.2 Å². The molecule has 0 aliphatic carbocycles. The Bertz CT molecular complexity index is 2850. The van der Waals surface area contributed by atoms with E-state index in [1.165, 1.54) is 53.3 Å². The summed E-state index contributed by atoms with van der Waals surface area (Å²) >= 11 is 1.87. The van der Waals surface area contributed by atoms with E-state index in [4.69, 9.17) is 4.42 Å². The van der Waals surface area contributed by atoms with Gasteiger partial charge in [0.25, 0.3) is 0 Å². The van der Waals surface area contributed by atoms with Gasteiger partial charge in [-0.15, -0.1) is 11.3 Å². The minimum atomic E-state index is 0.722.